The topological polar surface area (TPSA) is 214 Å². The molecule has 0 spiro atoms. The van der Waals surface area contributed by atoms with Crippen LogP contribution in [0.5, 0.6) is 0 Å². The van der Waals surface area contributed by atoms with Crippen LogP contribution in [0.4, 0.5) is 15.5 Å². The molecule has 15 nitrogen and oxygen atoms in total. The highest BCUT2D eigenvalue weighted by Crippen LogP contribution is 2.52. The van der Waals surface area contributed by atoms with Crippen LogP contribution in [0.2, 0.25) is 0 Å². The summed E-state index contributed by atoms with van der Waals surface area (Å²) in [5.74, 6) is 0.193. The molecule has 0 saturated heterocycles. The first-order chi connectivity index (χ1) is 25.5. The van der Waals surface area contributed by atoms with Gasteiger partial charge in [-0.25, -0.2) is 19.6 Å². The van der Waals surface area contributed by atoms with E-state index < -0.39 is 18.2 Å². The number of hydrogen-bond acceptors (Lipinski definition) is 10. The van der Waals surface area contributed by atoms with Crippen molar-refractivity contribution in [1.29, 1.82) is 0 Å². The van der Waals surface area contributed by atoms with Gasteiger partial charge >= 0.3 is 18.1 Å². The van der Waals surface area contributed by atoms with Gasteiger partial charge in [0.25, 0.3) is 11.1 Å². The molecule has 5 atom stereocenters. The zero-order valence-corrected chi connectivity index (χ0v) is 34.0. The number of H-pyrrole nitrogens is 2. The average molecular weight is 768 g/mol. The lowest BCUT2D eigenvalue weighted by molar-refractivity contribution is -0.148. The molecule has 2 aliphatic carbocycles. The van der Waals surface area contributed by atoms with Crippen LogP contribution in [0.3, 0.4) is 0 Å². The number of amides is 3. The summed E-state index contributed by atoms with van der Waals surface area (Å²) in [5, 5.41) is 8.44. The van der Waals surface area contributed by atoms with Gasteiger partial charge < -0.3 is 25.1 Å². The van der Waals surface area contributed by atoms with E-state index in [1.54, 1.807) is 20.8 Å². The van der Waals surface area contributed by atoms with Gasteiger partial charge in [-0.05, 0) is 93.3 Å². The smallest absolute Gasteiger partial charge is 0.407 e. The van der Waals surface area contributed by atoms with Gasteiger partial charge in [0.15, 0.2) is 0 Å². The molecule has 2 aromatic heterocycles. The van der Waals surface area contributed by atoms with Crippen LogP contribution in [0.1, 0.15) is 123 Å². The summed E-state index contributed by atoms with van der Waals surface area (Å²) in [7, 11) is 0. The maximum atomic E-state index is 13.0. The normalized spacial score (nSPS) is 24.9. The summed E-state index contributed by atoms with van der Waals surface area (Å²) >= 11 is 0. The molecule has 0 aromatic carbocycles. The first-order valence-electron chi connectivity index (χ1n) is 19.3. The number of ether oxygens (including phenoxy) is 2. The standard InChI is InChI=1S/C40H61N7O8/c1-24-12-31(49)45-30(42-24)15-29(48)10-11-39(8)17-27(16-37(4,5)21-39)14-33(51)54-20-26(3)55-36(53)44-28-18-38(6,7)22-40(9,19-28)23-41-35(52)47-34-43-25(2)13-32(50)46-34/h12-13,26-28H,10-11,14-23H2,1-9H3,(H,44,53)(H,42,45,49)(H3,41,43,46,47,50,52). The number of Topliss-reactive ketones (excluding diaryl/α,β-unsaturated/α-hetero) is 1. The third-order valence-electron chi connectivity index (χ3n) is 10.6. The maximum Gasteiger partial charge on any atom is 0.407 e. The SMILES string of the molecule is Cc1cc(=O)[nH]c(CC(=O)CCC2(C)CC(CC(=O)OCC(C)OC(=O)NC3CC(C)(C)CC(C)(CNC(=O)Nc4nc(C)cc(=O)[nH]4)C3)CC(C)(C)C2)n1. The lowest BCUT2D eigenvalue weighted by atomic mass is 9.58. The minimum absolute atomic E-state index is 0.0162. The van der Waals surface area contributed by atoms with Crippen molar-refractivity contribution in [3.8, 4) is 0 Å². The highest BCUT2D eigenvalue weighted by molar-refractivity contribution is 5.87. The van der Waals surface area contributed by atoms with Crippen molar-refractivity contribution in [2.45, 2.75) is 139 Å². The molecule has 55 heavy (non-hydrogen) atoms. The van der Waals surface area contributed by atoms with E-state index >= 15 is 0 Å². The number of ketones is 1. The Labute approximate surface area is 323 Å². The predicted molar refractivity (Wildman–Crippen MR) is 208 cm³/mol. The maximum absolute atomic E-state index is 13.0. The van der Waals surface area contributed by atoms with E-state index in [1.807, 2.05) is 0 Å². The van der Waals surface area contributed by atoms with Gasteiger partial charge in [0.05, 0.1) is 6.42 Å². The van der Waals surface area contributed by atoms with Crippen molar-refractivity contribution in [3.05, 3.63) is 50.1 Å². The molecule has 5 unspecified atom stereocenters. The van der Waals surface area contributed by atoms with E-state index in [0.29, 0.717) is 43.0 Å². The van der Waals surface area contributed by atoms with Crippen LogP contribution in [-0.2, 0) is 25.5 Å². The Morgan fingerprint density at radius 1 is 0.873 bits per heavy atom. The predicted octanol–water partition coefficient (Wildman–Crippen LogP) is 5.65. The van der Waals surface area contributed by atoms with Crippen LogP contribution in [-0.4, -0.2) is 69.1 Å². The van der Waals surface area contributed by atoms with Gasteiger partial charge in [0, 0.05) is 48.9 Å². The fraction of sp³-hybridized carbons (Fsp3) is 0.700. The average Bonchev–Trinajstić information content (AvgIpc) is 2.99. The number of hydrogen-bond donors (Lipinski definition) is 5. The van der Waals surface area contributed by atoms with Crippen LogP contribution in [0, 0.1) is 41.4 Å². The number of nitrogens with one attached hydrogen (secondary N) is 5. The van der Waals surface area contributed by atoms with E-state index in [9.17, 15) is 28.8 Å². The minimum atomic E-state index is -0.670. The molecule has 2 aromatic rings. The Hall–Kier alpha value is -4.56. The molecule has 0 bridgehead atoms. The second-order valence-electron chi connectivity index (χ2n) is 18.5. The number of carbonyl (C=O) groups excluding carboxylic acids is 4. The molecule has 2 aliphatic rings. The number of urea groups is 1. The fourth-order valence-corrected chi connectivity index (χ4v) is 9.50. The van der Waals surface area contributed by atoms with Gasteiger partial charge in [0.1, 0.15) is 24.3 Å². The Morgan fingerprint density at radius 3 is 2.18 bits per heavy atom. The number of rotatable bonds is 14. The number of anilines is 1. The highest BCUT2D eigenvalue weighted by atomic mass is 16.6. The molecule has 2 saturated carbocycles. The van der Waals surface area contributed by atoms with E-state index in [0.717, 1.165) is 32.1 Å². The lowest BCUT2D eigenvalue weighted by Crippen LogP contribution is -2.51. The molecule has 5 N–H and O–H groups in total. The molecule has 0 radical (unpaired) electrons. The Bertz CT molecular complexity index is 1840. The molecular formula is C40H61N7O8. The summed E-state index contributed by atoms with van der Waals surface area (Å²) < 4.78 is 11.2. The lowest BCUT2D eigenvalue weighted by Gasteiger charge is -2.47. The number of alkyl carbamates (subject to hydrolysis) is 1. The number of aromatic amines is 2. The largest absolute Gasteiger partial charge is 0.462 e. The first kappa shape index (κ1) is 43.2. The third-order valence-corrected chi connectivity index (χ3v) is 10.6. The molecule has 0 aliphatic heterocycles. The van der Waals surface area contributed by atoms with Crippen LogP contribution < -0.4 is 27.1 Å². The number of esters is 1. The van der Waals surface area contributed by atoms with Crippen molar-refractivity contribution >= 4 is 29.8 Å². The molecule has 304 valence electrons. The quantitative estimate of drug-likeness (QED) is 0.149. The zero-order valence-electron chi connectivity index (χ0n) is 34.0. The number of nitrogens with zero attached hydrogens (tertiary/aromatic N) is 2. The summed E-state index contributed by atoms with van der Waals surface area (Å²) in [6.07, 6.45) is 4.79. The number of aromatic nitrogens is 4. The molecule has 2 heterocycles. The van der Waals surface area contributed by atoms with E-state index in [4.69, 9.17) is 9.47 Å². The van der Waals surface area contributed by atoms with Gasteiger partial charge in [0.2, 0.25) is 5.95 Å². The zero-order chi connectivity index (χ0) is 40.8. The highest BCUT2D eigenvalue weighted by Gasteiger charge is 2.43. The van der Waals surface area contributed by atoms with Crippen molar-refractivity contribution in [1.82, 2.24) is 30.6 Å². The van der Waals surface area contributed by atoms with E-state index in [1.165, 1.54) is 12.1 Å². The summed E-state index contributed by atoms with van der Waals surface area (Å²) in [6, 6.07) is 2.03. The van der Waals surface area contributed by atoms with Gasteiger partial charge in [-0.1, -0.05) is 41.5 Å². The van der Waals surface area contributed by atoms with Crippen LogP contribution in [0.25, 0.3) is 0 Å². The molecular weight excluding hydrogens is 706 g/mol. The van der Waals surface area contributed by atoms with Gasteiger partial charge in [-0.15, -0.1) is 0 Å². The van der Waals surface area contributed by atoms with Crippen LogP contribution >= 0.6 is 0 Å². The van der Waals surface area contributed by atoms with Crippen molar-refractivity contribution in [2.24, 2.45) is 27.6 Å². The number of carbonyl (C=O) groups is 4. The third kappa shape index (κ3) is 14.2. The van der Waals surface area contributed by atoms with E-state index in [2.05, 4.69) is 77.4 Å². The second kappa shape index (κ2) is 17.5. The fourth-order valence-electron chi connectivity index (χ4n) is 9.50. The number of aryl methyl sites for hydroxylation is 2. The van der Waals surface area contributed by atoms with Crippen molar-refractivity contribution in [3.63, 3.8) is 0 Å². The second-order valence-corrected chi connectivity index (χ2v) is 18.5. The molecule has 3 amide bonds. The van der Waals surface area contributed by atoms with E-state index in [-0.39, 0.29) is 81.9 Å². The summed E-state index contributed by atoms with van der Waals surface area (Å²) in [4.78, 5) is 88.5. The summed E-state index contributed by atoms with van der Waals surface area (Å²) in [5.41, 5.74) is -0.206. The molecule has 15 heteroatoms. The van der Waals surface area contributed by atoms with Gasteiger partial charge in [-0.2, -0.15) is 0 Å². The Kier molecular flexibility index (Phi) is 13.7. The monoisotopic (exact) mass is 767 g/mol. The Morgan fingerprint density at radius 2 is 1.51 bits per heavy atom. The van der Waals surface area contributed by atoms with Crippen LogP contribution in [0.15, 0.2) is 21.7 Å². The van der Waals surface area contributed by atoms with Crippen molar-refractivity contribution < 1.29 is 28.7 Å². The Balaban J connectivity index is 1.21. The minimum Gasteiger partial charge on any atom is -0.462 e. The molecule has 2 fully saturated rings. The van der Waals surface area contributed by atoms with Gasteiger partial charge in [-0.3, -0.25) is 29.5 Å². The first-order valence-corrected chi connectivity index (χ1v) is 19.3. The van der Waals surface area contributed by atoms with Crippen molar-refractivity contribution in [2.75, 3.05) is 18.5 Å². The summed E-state index contributed by atoms with van der Waals surface area (Å²) in [6.45, 7) is 18.2. The molecule has 4 rings (SSSR count).